The Morgan fingerprint density at radius 3 is 2.03 bits per heavy atom. The largest absolute Gasteiger partial charge is 0.485 e. The number of methoxy groups -OCH3 is 1. The molecule has 1 aromatic rings. The number of hydrogen-bond donors (Lipinski definition) is 2. The van der Waals surface area contributed by atoms with Crippen LogP contribution in [0.25, 0.3) is 0 Å². The maximum Gasteiger partial charge on any atom is 0.408 e. The van der Waals surface area contributed by atoms with Gasteiger partial charge in [0.2, 0.25) is 23.3 Å². The normalized spacial score (nSPS) is 13.1. The molecule has 0 aliphatic rings. The molecule has 0 aliphatic carbocycles. The number of alkyl carbamates (subject to hydrolysis) is 1. The third-order valence-corrected chi connectivity index (χ3v) is 3.28. The summed E-state index contributed by atoms with van der Waals surface area (Å²) in [4.78, 5) is 38.1. The molecule has 1 heterocycles. The van der Waals surface area contributed by atoms with Gasteiger partial charge in [-0.05, 0) is 27.7 Å². The first-order chi connectivity index (χ1) is 13.8. The monoisotopic (exact) mass is 439 g/mol. The molecule has 2 N–H and O–H groups in total. The van der Waals surface area contributed by atoms with E-state index in [4.69, 9.17) is 4.74 Å². The fourth-order valence-corrected chi connectivity index (χ4v) is 1.92. The number of carbonyl (C=O) groups excluding carboxylic acids is 3. The lowest BCUT2D eigenvalue weighted by Gasteiger charge is -2.23. The first kappa shape index (κ1) is 24.9. The molecule has 0 aliphatic heterocycles. The van der Waals surface area contributed by atoms with Gasteiger partial charge in [-0.3, -0.25) is 4.79 Å². The van der Waals surface area contributed by atoms with Crippen molar-refractivity contribution in [1.82, 2.24) is 15.6 Å². The van der Waals surface area contributed by atoms with Crippen molar-refractivity contribution in [3.63, 3.8) is 0 Å². The molecule has 1 aromatic heterocycles. The molecule has 1 rings (SSSR count). The Morgan fingerprint density at radius 1 is 1.03 bits per heavy atom. The predicted octanol–water partition coefficient (Wildman–Crippen LogP) is 1.59. The van der Waals surface area contributed by atoms with Gasteiger partial charge in [0.25, 0.3) is 11.9 Å². The summed E-state index contributed by atoms with van der Waals surface area (Å²) in [6.07, 6.45) is -0.914. The van der Waals surface area contributed by atoms with E-state index in [2.05, 4.69) is 25.1 Å². The minimum Gasteiger partial charge on any atom is -0.485 e. The van der Waals surface area contributed by atoms with Crippen molar-refractivity contribution >= 4 is 18.0 Å². The van der Waals surface area contributed by atoms with Gasteiger partial charge in [-0.25, -0.2) is 9.59 Å². The van der Waals surface area contributed by atoms with E-state index in [1.807, 2.05) is 0 Å². The van der Waals surface area contributed by atoms with E-state index >= 15 is 0 Å². The van der Waals surface area contributed by atoms with Crippen LogP contribution in [0.4, 0.5) is 22.4 Å². The summed E-state index contributed by atoms with van der Waals surface area (Å²) in [5.74, 6) is -11.2. The Kier molecular flexibility index (Phi) is 8.37. The molecular weight excluding hydrogens is 418 g/mol. The number of aromatic nitrogens is 1. The van der Waals surface area contributed by atoms with Crippen molar-refractivity contribution in [2.75, 3.05) is 13.7 Å². The van der Waals surface area contributed by atoms with Crippen molar-refractivity contribution in [2.24, 2.45) is 0 Å². The molecule has 0 fully saturated rings. The summed E-state index contributed by atoms with van der Waals surface area (Å²) < 4.78 is 67.6. The second-order valence-corrected chi connectivity index (χ2v) is 6.91. The number of ether oxygens (including phenoxy) is 3. The van der Waals surface area contributed by atoms with Gasteiger partial charge >= 0.3 is 12.1 Å². The van der Waals surface area contributed by atoms with Gasteiger partial charge in [0.15, 0.2) is 6.04 Å². The quantitative estimate of drug-likeness (QED) is 0.377. The van der Waals surface area contributed by atoms with Gasteiger partial charge in [0.05, 0.1) is 7.11 Å². The van der Waals surface area contributed by atoms with E-state index in [1.165, 1.54) is 6.92 Å². The molecule has 0 radical (unpaired) electrons. The van der Waals surface area contributed by atoms with Crippen molar-refractivity contribution < 1.29 is 46.2 Å². The zero-order valence-corrected chi connectivity index (χ0v) is 16.8. The maximum absolute atomic E-state index is 13.6. The molecule has 2 atom stereocenters. The first-order valence-electron chi connectivity index (χ1n) is 8.47. The number of pyridine rings is 1. The SMILES string of the molecule is COC(=O)[C@H](COc1c(F)c(F)nc(F)c1F)NC(=O)[C@H](C)NC(=O)OC(C)(C)C. The smallest absolute Gasteiger partial charge is 0.408 e. The summed E-state index contributed by atoms with van der Waals surface area (Å²) in [6, 6.07) is -2.83. The average molecular weight is 439 g/mol. The summed E-state index contributed by atoms with van der Waals surface area (Å²) >= 11 is 0. The van der Waals surface area contributed by atoms with Crippen LogP contribution in [0, 0.1) is 23.5 Å². The van der Waals surface area contributed by atoms with Crippen LogP contribution in [0.2, 0.25) is 0 Å². The number of halogens is 4. The molecule has 0 spiro atoms. The van der Waals surface area contributed by atoms with Crippen LogP contribution in [0.3, 0.4) is 0 Å². The number of carbonyl (C=O) groups is 3. The molecular formula is C17H21F4N3O6. The van der Waals surface area contributed by atoms with Crippen LogP contribution in [-0.2, 0) is 19.1 Å². The van der Waals surface area contributed by atoms with E-state index < -0.39 is 71.5 Å². The second-order valence-electron chi connectivity index (χ2n) is 6.91. The first-order valence-corrected chi connectivity index (χ1v) is 8.47. The fraction of sp³-hybridized carbons (Fsp3) is 0.529. The highest BCUT2D eigenvalue weighted by Gasteiger charge is 2.29. The zero-order valence-electron chi connectivity index (χ0n) is 16.8. The van der Waals surface area contributed by atoms with Crippen molar-refractivity contribution in [1.29, 1.82) is 0 Å². The maximum atomic E-state index is 13.6. The summed E-state index contributed by atoms with van der Waals surface area (Å²) in [7, 11) is 0.955. The number of nitrogens with zero attached hydrogens (tertiary/aromatic N) is 1. The molecule has 0 saturated carbocycles. The summed E-state index contributed by atoms with van der Waals surface area (Å²) in [6.45, 7) is 5.12. The molecule has 0 aromatic carbocycles. The highest BCUT2D eigenvalue weighted by atomic mass is 19.2. The Balaban J connectivity index is 2.86. The molecule has 30 heavy (non-hydrogen) atoms. The van der Waals surface area contributed by atoms with Gasteiger partial charge in [0.1, 0.15) is 18.2 Å². The van der Waals surface area contributed by atoms with E-state index in [0.29, 0.717) is 0 Å². The third kappa shape index (κ3) is 7.04. The molecule has 13 heteroatoms. The topological polar surface area (TPSA) is 116 Å². The molecule has 0 unspecified atom stereocenters. The standard InChI is InChI=1S/C17H21F4N3O6/c1-7(22-16(27)30-17(2,3)4)14(25)23-8(15(26)28-5)6-29-11-9(18)12(20)24-13(21)10(11)19/h7-8H,6H2,1-5H3,(H,22,27)(H,23,25)/t7-,8-/m0/s1. The summed E-state index contributed by atoms with van der Waals surface area (Å²) in [5.41, 5.74) is -0.827. The minimum atomic E-state index is -1.96. The fourth-order valence-electron chi connectivity index (χ4n) is 1.92. The molecule has 2 amide bonds. The Morgan fingerprint density at radius 2 is 1.57 bits per heavy atom. The van der Waals surface area contributed by atoms with Crippen LogP contribution in [0.15, 0.2) is 0 Å². The van der Waals surface area contributed by atoms with Gasteiger partial charge in [-0.15, -0.1) is 0 Å². The molecule has 0 saturated heterocycles. The van der Waals surface area contributed by atoms with Crippen molar-refractivity contribution in [3.8, 4) is 5.75 Å². The highest BCUT2D eigenvalue weighted by molar-refractivity contribution is 5.89. The van der Waals surface area contributed by atoms with E-state index in [0.717, 1.165) is 7.11 Å². The van der Waals surface area contributed by atoms with Gasteiger partial charge in [-0.2, -0.15) is 22.5 Å². The van der Waals surface area contributed by atoms with E-state index in [-0.39, 0.29) is 0 Å². The van der Waals surface area contributed by atoms with Crippen molar-refractivity contribution in [2.45, 2.75) is 45.4 Å². The summed E-state index contributed by atoms with van der Waals surface area (Å²) in [5, 5.41) is 4.33. The third-order valence-electron chi connectivity index (χ3n) is 3.28. The van der Waals surface area contributed by atoms with Gasteiger partial charge in [-0.1, -0.05) is 0 Å². The van der Waals surface area contributed by atoms with Crippen LogP contribution < -0.4 is 15.4 Å². The van der Waals surface area contributed by atoms with Crippen molar-refractivity contribution in [3.05, 3.63) is 23.5 Å². The van der Waals surface area contributed by atoms with Gasteiger partial charge in [0, 0.05) is 0 Å². The number of hydrogen-bond acceptors (Lipinski definition) is 7. The van der Waals surface area contributed by atoms with Crippen LogP contribution >= 0.6 is 0 Å². The Hall–Kier alpha value is -3.12. The Bertz CT molecular complexity index is 789. The number of nitrogens with one attached hydrogen (secondary N) is 2. The van der Waals surface area contributed by atoms with E-state index in [9.17, 15) is 31.9 Å². The lowest BCUT2D eigenvalue weighted by Crippen LogP contribution is -2.53. The zero-order chi connectivity index (χ0) is 23.2. The molecule has 9 nitrogen and oxygen atoms in total. The highest BCUT2D eigenvalue weighted by Crippen LogP contribution is 2.24. The van der Waals surface area contributed by atoms with E-state index in [1.54, 1.807) is 20.8 Å². The number of rotatable bonds is 7. The van der Waals surface area contributed by atoms with Crippen LogP contribution in [0.5, 0.6) is 5.75 Å². The second kappa shape index (κ2) is 10.1. The molecule has 0 bridgehead atoms. The average Bonchev–Trinajstić information content (AvgIpc) is 2.62. The van der Waals surface area contributed by atoms with Gasteiger partial charge < -0.3 is 24.8 Å². The number of amides is 2. The lowest BCUT2D eigenvalue weighted by atomic mass is 10.2. The molecule has 168 valence electrons. The predicted molar refractivity (Wildman–Crippen MR) is 92.3 cm³/mol. The van der Waals surface area contributed by atoms with Crippen LogP contribution in [0.1, 0.15) is 27.7 Å². The van der Waals surface area contributed by atoms with Crippen LogP contribution in [-0.4, -0.2) is 54.4 Å². The Labute approximate surface area is 169 Å². The lowest BCUT2D eigenvalue weighted by molar-refractivity contribution is -0.146. The minimum absolute atomic E-state index is 0.827. The number of esters is 1.